The Balaban J connectivity index is 2.28. The standard InChI is InChI=1S/C9H10BrN/c10-8-4-1-2-5-9(8)11-6-3-7-11/h1-2,4-5H,3,6-7H2. The van der Waals surface area contributed by atoms with E-state index in [1.165, 1.54) is 29.7 Å². The lowest BCUT2D eigenvalue weighted by molar-refractivity contribution is 0.616. The molecule has 1 aromatic rings. The maximum atomic E-state index is 3.53. The molecule has 1 aliphatic heterocycles. The molecule has 0 atom stereocenters. The van der Waals surface area contributed by atoms with Gasteiger partial charge in [0.2, 0.25) is 0 Å². The first-order valence-corrected chi connectivity index (χ1v) is 4.67. The molecule has 1 aromatic carbocycles. The predicted molar refractivity (Wildman–Crippen MR) is 51.0 cm³/mol. The predicted octanol–water partition coefficient (Wildman–Crippen LogP) is 2.66. The van der Waals surface area contributed by atoms with E-state index in [9.17, 15) is 0 Å². The fraction of sp³-hybridized carbons (Fsp3) is 0.333. The van der Waals surface area contributed by atoms with E-state index in [-0.39, 0.29) is 0 Å². The summed E-state index contributed by atoms with van der Waals surface area (Å²) in [7, 11) is 0. The highest BCUT2D eigenvalue weighted by Gasteiger charge is 2.15. The van der Waals surface area contributed by atoms with Crippen molar-refractivity contribution in [3.05, 3.63) is 28.7 Å². The first kappa shape index (κ1) is 7.17. The Morgan fingerprint density at radius 2 is 1.91 bits per heavy atom. The lowest BCUT2D eigenvalue weighted by atomic mass is 10.2. The summed E-state index contributed by atoms with van der Waals surface area (Å²) in [5.41, 5.74) is 1.33. The molecule has 1 nitrogen and oxygen atoms in total. The van der Waals surface area contributed by atoms with E-state index < -0.39 is 0 Å². The van der Waals surface area contributed by atoms with Crippen molar-refractivity contribution in [2.75, 3.05) is 18.0 Å². The minimum absolute atomic E-state index is 1.21. The van der Waals surface area contributed by atoms with Gasteiger partial charge in [-0.2, -0.15) is 0 Å². The van der Waals surface area contributed by atoms with Crippen LogP contribution in [0, 0.1) is 0 Å². The maximum Gasteiger partial charge on any atom is 0.0510 e. The molecule has 58 valence electrons. The van der Waals surface area contributed by atoms with E-state index in [1.807, 2.05) is 6.07 Å². The minimum atomic E-state index is 1.21. The van der Waals surface area contributed by atoms with E-state index in [4.69, 9.17) is 0 Å². The quantitative estimate of drug-likeness (QED) is 0.691. The van der Waals surface area contributed by atoms with Crippen LogP contribution in [0.25, 0.3) is 0 Å². The van der Waals surface area contributed by atoms with Crippen LogP contribution in [0.5, 0.6) is 0 Å². The van der Waals surface area contributed by atoms with Gasteiger partial charge in [0.1, 0.15) is 0 Å². The van der Waals surface area contributed by atoms with Gasteiger partial charge in [-0.3, -0.25) is 0 Å². The zero-order valence-electron chi connectivity index (χ0n) is 6.26. The number of nitrogens with zero attached hydrogens (tertiary/aromatic N) is 1. The fourth-order valence-corrected chi connectivity index (χ4v) is 1.80. The summed E-state index contributed by atoms with van der Waals surface area (Å²) in [4.78, 5) is 2.38. The van der Waals surface area contributed by atoms with Gasteiger partial charge in [-0.25, -0.2) is 0 Å². The highest BCUT2D eigenvalue weighted by Crippen LogP contribution is 2.28. The molecule has 2 heteroatoms. The van der Waals surface area contributed by atoms with Gasteiger partial charge in [-0.05, 0) is 34.5 Å². The van der Waals surface area contributed by atoms with Crippen molar-refractivity contribution < 1.29 is 0 Å². The van der Waals surface area contributed by atoms with Crippen molar-refractivity contribution in [3.8, 4) is 0 Å². The van der Waals surface area contributed by atoms with Crippen LogP contribution in [0.4, 0.5) is 5.69 Å². The zero-order valence-corrected chi connectivity index (χ0v) is 7.84. The lowest BCUT2D eigenvalue weighted by Gasteiger charge is -2.33. The smallest absolute Gasteiger partial charge is 0.0510 e. The summed E-state index contributed by atoms with van der Waals surface area (Å²) in [6, 6.07) is 8.38. The molecule has 1 aliphatic rings. The Morgan fingerprint density at radius 1 is 1.18 bits per heavy atom. The Kier molecular flexibility index (Phi) is 1.86. The molecule has 1 saturated heterocycles. The first-order chi connectivity index (χ1) is 5.38. The van der Waals surface area contributed by atoms with Gasteiger partial charge in [-0.1, -0.05) is 12.1 Å². The summed E-state index contributed by atoms with van der Waals surface area (Å²) in [5.74, 6) is 0. The zero-order chi connectivity index (χ0) is 7.68. The molecule has 0 aliphatic carbocycles. The number of rotatable bonds is 1. The van der Waals surface area contributed by atoms with Crippen LogP contribution in [-0.4, -0.2) is 13.1 Å². The summed E-state index contributed by atoms with van der Waals surface area (Å²) in [6.07, 6.45) is 1.33. The van der Waals surface area contributed by atoms with Crippen LogP contribution in [0.3, 0.4) is 0 Å². The molecule has 0 saturated carbocycles. The topological polar surface area (TPSA) is 3.24 Å². The van der Waals surface area contributed by atoms with Gasteiger partial charge in [0.25, 0.3) is 0 Å². The third-order valence-electron chi connectivity index (χ3n) is 2.05. The second-order valence-electron chi connectivity index (χ2n) is 2.79. The monoisotopic (exact) mass is 211 g/mol. The molecule has 0 N–H and O–H groups in total. The largest absolute Gasteiger partial charge is 0.370 e. The van der Waals surface area contributed by atoms with Crippen molar-refractivity contribution in [2.24, 2.45) is 0 Å². The van der Waals surface area contributed by atoms with Crippen LogP contribution in [0.1, 0.15) is 6.42 Å². The normalized spacial score (nSPS) is 16.3. The summed E-state index contributed by atoms with van der Waals surface area (Å²) >= 11 is 3.53. The van der Waals surface area contributed by atoms with Crippen LogP contribution >= 0.6 is 15.9 Å². The highest BCUT2D eigenvalue weighted by molar-refractivity contribution is 9.10. The molecule has 2 rings (SSSR count). The molecule has 1 fully saturated rings. The van der Waals surface area contributed by atoms with Crippen LogP contribution in [0.15, 0.2) is 28.7 Å². The Bertz CT molecular complexity index is 255. The van der Waals surface area contributed by atoms with Crippen molar-refractivity contribution in [1.29, 1.82) is 0 Å². The second kappa shape index (κ2) is 2.86. The van der Waals surface area contributed by atoms with E-state index in [0.717, 1.165) is 0 Å². The minimum Gasteiger partial charge on any atom is -0.370 e. The van der Waals surface area contributed by atoms with Crippen molar-refractivity contribution >= 4 is 21.6 Å². The third-order valence-corrected chi connectivity index (χ3v) is 2.72. The van der Waals surface area contributed by atoms with E-state index in [1.54, 1.807) is 0 Å². The number of para-hydroxylation sites is 1. The van der Waals surface area contributed by atoms with Gasteiger partial charge in [0, 0.05) is 17.6 Å². The highest BCUT2D eigenvalue weighted by atomic mass is 79.9. The molecule has 0 radical (unpaired) electrons. The number of hydrogen-bond acceptors (Lipinski definition) is 1. The SMILES string of the molecule is Brc1ccccc1N1CCC1. The van der Waals surface area contributed by atoms with E-state index in [2.05, 4.69) is 39.0 Å². The molecule has 11 heavy (non-hydrogen) atoms. The average Bonchev–Trinajstić information content (AvgIpc) is 1.90. The lowest BCUT2D eigenvalue weighted by Crippen LogP contribution is -2.37. The molecule has 1 heterocycles. The van der Waals surface area contributed by atoms with E-state index in [0.29, 0.717) is 0 Å². The number of benzene rings is 1. The van der Waals surface area contributed by atoms with Gasteiger partial charge >= 0.3 is 0 Å². The number of halogens is 1. The van der Waals surface area contributed by atoms with Gasteiger partial charge < -0.3 is 4.90 Å². The summed E-state index contributed by atoms with van der Waals surface area (Å²) < 4.78 is 1.21. The Hall–Kier alpha value is -0.500. The molecule has 0 bridgehead atoms. The maximum absolute atomic E-state index is 3.53. The van der Waals surface area contributed by atoms with Crippen molar-refractivity contribution in [3.63, 3.8) is 0 Å². The Morgan fingerprint density at radius 3 is 2.45 bits per heavy atom. The third kappa shape index (κ3) is 1.27. The molecular formula is C9H10BrN. The summed E-state index contributed by atoms with van der Waals surface area (Å²) in [5, 5.41) is 0. The van der Waals surface area contributed by atoms with Gasteiger partial charge in [0.15, 0.2) is 0 Å². The van der Waals surface area contributed by atoms with Crippen molar-refractivity contribution in [1.82, 2.24) is 0 Å². The fourth-order valence-electron chi connectivity index (χ4n) is 1.27. The van der Waals surface area contributed by atoms with Crippen molar-refractivity contribution in [2.45, 2.75) is 6.42 Å². The molecule has 0 spiro atoms. The van der Waals surface area contributed by atoms with Gasteiger partial charge in [0.05, 0.1) is 5.69 Å². The van der Waals surface area contributed by atoms with E-state index >= 15 is 0 Å². The first-order valence-electron chi connectivity index (χ1n) is 3.87. The second-order valence-corrected chi connectivity index (χ2v) is 3.65. The average molecular weight is 212 g/mol. The Labute approximate surface area is 75.1 Å². The number of hydrogen-bond donors (Lipinski definition) is 0. The number of anilines is 1. The van der Waals surface area contributed by atoms with Crippen LogP contribution in [0.2, 0.25) is 0 Å². The van der Waals surface area contributed by atoms with Gasteiger partial charge in [-0.15, -0.1) is 0 Å². The van der Waals surface area contributed by atoms with Crippen LogP contribution < -0.4 is 4.90 Å². The molecule has 0 amide bonds. The molecule has 0 aromatic heterocycles. The van der Waals surface area contributed by atoms with Crippen LogP contribution in [-0.2, 0) is 0 Å². The molecular weight excluding hydrogens is 202 g/mol. The summed E-state index contributed by atoms with van der Waals surface area (Å²) in [6.45, 7) is 2.42. The molecule has 0 unspecified atom stereocenters.